The number of benzene rings is 2. The lowest BCUT2D eigenvalue weighted by Crippen LogP contribution is -2.17. The van der Waals surface area contributed by atoms with Gasteiger partial charge in [-0.05, 0) is 50.1 Å². The summed E-state index contributed by atoms with van der Waals surface area (Å²) in [5.74, 6) is -4.57. The van der Waals surface area contributed by atoms with Crippen LogP contribution in [-0.2, 0) is 0 Å². The Morgan fingerprint density at radius 3 is 2.43 bits per heavy atom. The van der Waals surface area contributed by atoms with Gasteiger partial charge in [-0.15, -0.1) is 0 Å². The first-order chi connectivity index (χ1) is 13.3. The number of anilines is 3. The lowest BCUT2D eigenvalue weighted by molar-refractivity contribution is 0.102. The van der Waals surface area contributed by atoms with Crippen LogP contribution in [0.25, 0.3) is 0 Å². The highest BCUT2D eigenvalue weighted by molar-refractivity contribution is 6.03. The Bertz CT molecular complexity index is 1070. The summed E-state index contributed by atoms with van der Waals surface area (Å²) in [6.45, 7) is 5.52. The zero-order valence-electron chi connectivity index (χ0n) is 15.4. The molecule has 1 heterocycles. The number of rotatable bonds is 4. The van der Waals surface area contributed by atoms with Gasteiger partial charge in [-0.25, -0.2) is 23.1 Å². The van der Waals surface area contributed by atoms with Crippen molar-refractivity contribution in [2.45, 2.75) is 20.8 Å². The Morgan fingerprint density at radius 1 is 0.929 bits per heavy atom. The molecule has 5 nitrogen and oxygen atoms in total. The van der Waals surface area contributed by atoms with E-state index in [1.165, 1.54) is 6.07 Å². The zero-order chi connectivity index (χ0) is 20.4. The first kappa shape index (κ1) is 19.3. The maximum atomic E-state index is 13.8. The van der Waals surface area contributed by atoms with E-state index < -0.39 is 29.0 Å². The van der Waals surface area contributed by atoms with Gasteiger partial charge in [-0.3, -0.25) is 4.79 Å². The molecule has 8 heteroatoms. The van der Waals surface area contributed by atoms with E-state index in [4.69, 9.17) is 0 Å². The van der Waals surface area contributed by atoms with E-state index >= 15 is 0 Å². The standard InChI is InChI=1S/C20H17F3N4O/c1-10-5-4-6-14(11(10)2)26-17-9-16(24-12(3)25-17)20(28)27-15-8-7-13(21)18(22)19(15)23/h4-9H,1-3H3,(H,27,28)(H,24,25,26). The van der Waals surface area contributed by atoms with Gasteiger partial charge in [0.15, 0.2) is 17.5 Å². The molecule has 0 bridgehead atoms. The number of nitrogens with one attached hydrogen (secondary N) is 2. The number of carbonyl (C=O) groups excluding carboxylic acids is 1. The predicted octanol–water partition coefficient (Wildman–Crippen LogP) is 4.82. The number of carbonyl (C=O) groups is 1. The molecule has 0 spiro atoms. The Morgan fingerprint density at radius 2 is 1.68 bits per heavy atom. The molecule has 1 aromatic heterocycles. The summed E-state index contributed by atoms with van der Waals surface area (Å²) in [5, 5.41) is 5.32. The highest BCUT2D eigenvalue weighted by atomic mass is 19.2. The fourth-order valence-corrected chi connectivity index (χ4v) is 2.58. The summed E-state index contributed by atoms with van der Waals surface area (Å²) in [7, 11) is 0. The maximum Gasteiger partial charge on any atom is 0.274 e. The van der Waals surface area contributed by atoms with Crippen molar-refractivity contribution in [3.8, 4) is 0 Å². The second kappa shape index (κ2) is 7.67. The molecular weight excluding hydrogens is 369 g/mol. The number of aryl methyl sites for hydroxylation is 2. The molecule has 0 aliphatic carbocycles. The second-order valence-electron chi connectivity index (χ2n) is 6.24. The van der Waals surface area contributed by atoms with Crippen LogP contribution in [0.3, 0.4) is 0 Å². The highest BCUT2D eigenvalue weighted by Crippen LogP contribution is 2.23. The number of hydrogen-bond donors (Lipinski definition) is 2. The normalized spacial score (nSPS) is 10.6. The largest absolute Gasteiger partial charge is 0.340 e. The molecule has 28 heavy (non-hydrogen) atoms. The number of halogens is 3. The van der Waals surface area contributed by atoms with Gasteiger partial charge in [-0.1, -0.05) is 12.1 Å². The van der Waals surface area contributed by atoms with Gasteiger partial charge in [0.2, 0.25) is 0 Å². The number of amides is 1. The molecule has 3 rings (SSSR count). The SMILES string of the molecule is Cc1nc(Nc2cccc(C)c2C)cc(C(=O)Nc2ccc(F)c(F)c2F)n1. The monoisotopic (exact) mass is 386 g/mol. The average molecular weight is 386 g/mol. The number of hydrogen-bond acceptors (Lipinski definition) is 4. The van der Waals surface area contributed by atoms with Gasteiger partial charge >= 0.3 is 0 Å². The van der Waals surface area contributed by atoms with Gasteiger partial charge in [-0.2, -0.15) is 0 Å². The van der Waals surface area contributed by atoms with E-state index in [0.29, 0.717) is 11.6 Å². The molecule has 144 valence electrons. The van der Waals surface area contributed by atoms with Crippen molar-refractivity contribution in [3.63, 3.8) is 0 Å². The summed E-state index contributed by atoms with van der Waals surface area (Å²) in [5.41, 5.74) is 2.39. The molecule has 0 atom stereocenters. The first-order valence-corrected chi connectivity index (χ1v) is 8.40. The second-order valence-corrected chi connectivity index (χ2v) is 6.24. The fraction of sp³-hybridized carbons (Fsp3) is 0.150. The molecule has 0 radical (unpaired) electrons. The minimum absolute atomic E-state index is 0.0514. The predicted molar refractivity (Wildman–Crippen MR) is 100 cm³/mol. The third-order valence-electron chi connectivity index (χ3n) is 4.22. The molecule has 0 saturated heterocycles. The summed E-state index contributed by atoms with van der Waals surface area (Å²) < 4.78 is 40.2. The topological polar surface area (TPSA) is 66.9 Å². The van der Waals surface area contributed by atoms with Crippen LogP contribution in [0.1, 0.15) is 27.4 Å². The van der Waals surface area contributed by atoms with Gasteiger partial charge < -0.3 is 10.6 Å². The first-order valence-electron chi connectivity index (χ1n) is 8.40. The van der Waals surface area contributed by atoms with Crippen molar-refractivity contribution < 1.29 is 18.0 Å². The molecule has 0 unspecified atom stereocenters. The number of aromatic nitrogens is 2. The molecule has 0 aliphatic rings. The van der Waals surface area contributed by atoms with E-state index in [2.05, 4.69) is 20.6 Å². The Labute approximate surface area is 159 Å². The molecule has 3 aromatic rings. The molecule has 1 amide bonds. The Balaban J connectivity index is 1.88. The molecule has 0 aliphatic heterocycles. The van der Waals surface area contributed by atoms with Crippen molar-refractivity contribution in [1.29, 1.82) is 0 Å². The average Bonchev–Trinajstić information content (AvgIpc) is 2.65. The van der Waals surface area contributed by atoms with Crippen LogP contribution in [0.4, 0.5) is 30.4 Å². The lowest BCUT2D eigenvalue weighted by atomic mass is 10.1. The van der Waals surface area contributed by atoms with E-state index in [1.54, 1.807) is 6.92 Å². The van der Waals surface area contributed by atoms with Gasteiger partial charge in [0.25, 0.3) is 5.91 Å². The smallest absolute Gasteiger partial charge is 0.274 e. The van der Waals surface area contributed by atoms with Crippen molar-refractivity contribution >= 4 is 23.1 Å². The van der Waals surface area contributed by atoms with Crippen LogP contribution < -0.4 is 10.6 Å². The molecule has 0 saturated carbocycles. The third kappa shape index (κ3) is 3.95. The maximum absolute atomic E-state index is 13.8. The summed E-state index contributed by atoms with van der Waals surface area (Å²) >= 11 is 0. The minimum Gasteiger partial charge on any atom is -0.340 e. The Kier molecular flexibility index (Phi) is 5.30. The third-order valence-corrected chi connectivity index (χ3v) is 4.22. The highest BCUT2D eigenvalue weighted by Gasteiger charge is 2.17. The van der Waals surface area contributed by atoms with E-state index in [9.17, 15) is 18.0 Å². The van der Waals surface area contributed by atoms with Gasteiger partial charge in [0, 0.05) is 11.8 Å². The van der Waals surface area contributed by atoms with Crippen molar-refractivity contribution in [3.05, 3.63) is 76.5 Å². The summed E-state index contributed by atoms with van der Waals surface area (Å²) in [4.78, 5) is 20.7. The van der Waals surface area contributed by atoms with Crippen LogP contribution in [-0.4, -0.2) is 15.9 Å². The molecule has 0 fully saturated rings. The van der Waals surface area contributed by atoms with Crippen molar-refractivity contribution in [2.75, 3.05) is 10.6 Å². The van der Waals surface area contributed by atoms with E-state index in [-0.39, 0.29) is 5.69 Å². The van der Waals surface area contributed by atoms with Gasteiger partial charge in [0.05, 0.1) is 5.69 Å². The van der Waals surface area contributed by atoms with Crippen molar-refractivity contribution in [2.24, 2.45) is 0 Å². The minimum atomic E-state index is -1.66. The van der Waals surface area contributed by atoms with Gasteiger partial charge in [0.1, 0.15) is 17.3 Å². The fourth-order valence-electron chi connectivity index (χ4n) is 2.58. The van der Waals surface area contributed by atoms with Crippen molar-refractivity contribution in [1.82, 2.24) is 9.97 Å². The number of nitrogens with zero attached hydrogens (tertiary/aromatic N) is 2. The summed E-state index contributed by atoms with van der Waals surface area (Å²) in [6, 6.07) is 8.79. The van der Waals surface area contributed by atoms with E-state index in [1.807, 2.05) is 32.0 Å². The van der Waals surface area contributed by atoms with Crippen LogP contribution >= 0.6 is 0 Å². The van der Waals surface area contributed by atoms with Crippen LogP contribution in [0.15, 0.2) is 36.4 Å². The molecule has 2 N–H and O–H groups in total. The molecular formula is C20H17F3N4O. The quantitative estimate of drug-likeness (QED) is 0.631. The zero-order valence-corrected chi connectivity index (χ0v) is 15.4. The van der Waals surface area contributed by atoms with Crippen LogP contribution in [0, 0.1) is 38.2 Å². The van der Waals surface area contributed by atoms with Crippen LogP contribution in [0.5, 0.6) is 0 Å². The van der Waals surface area contributed by atoms with Crippen LogP contribution in [0.2, 0.25) is 0 Å². The summed E-state index contributed by atoms with van der Waals surface area (Å²) in [6.07, 6.45) is 0. The molecule has 2 aromatic carbocycles. The Hall–Kier alpha value is -3.42. The lowest BCUT2D eigenvalue weighted by Gasteiger charge is -2.12. The van der Waals surface area contributed by atoms with E-state index in [0.717, 1.165) is 28.9 Å².